The summed E-state index contributed by atoms with van der Waals surface area (Å²) >= 11 is 0. The lowest BCUT2D eigenvalue weighted by Crippen LogP contribution is -2.20. The Morgan fingerprint density at radius 1 is 0.756 bits per heavy atom. The predicted octanol–water partition coefficient (Wildman–Crippen LogP) is 5.68. The van der Waals surface area contributed by atoms with Crippen LogP contribution in [0.15, 0.2) is 84.9 Å². The molecule has 234 valence electrons. The Labute approximate surface area is 260 Å². The fourth-order valence-corrected chi connectivity index (χ4v) is 4.34. The van der Waals surface area contributed by atoms with E-state index in [0.29, 0.717) is 43.3 Å². The zero-order chi connectivity index (χ0) is 32.2. The second kappa shape index (κ2) is 15.7. The maximum atomic E-state index is 13.5. The maximum Gasteiger partial charge on any atom is 0.271 e. The van der Waals surface area contributed by atoms with Crippen LogP contribution in [-0.4, -0.2) is 51.2 Å². The third kappa shape index (κ3) is 8.94. The minimum absolute atomic E-state index is 0.0304. The molecule has 0 aliphatic rings. The standard InChI is InChI=1S/C33H34N4O8/c1-42-25-11-8-23(9-12-25)35-32(38)28-14-10-24(37(40)41)19-30(28)36-33(39)29-15-13-27(44-3)20-31(29)45-17-5-16-34-21-22-6-4-7-26(18-22)43-2/h4,6-15,18-20,34H,5,16-17,21H2,1-3H3,(H,35,38)(H,36,39). The summed E-state index contributed by atoms with van der Waals surface area (Å²) in [5.74, 6) is 0.942. The van der Waals surface area contributed by atoms with Crippen LogP contribution in [0.2, 0.25) is 0 Å². The van der Waals surface area contributed by atoms with E-state index in [2.05, 4.69) is 16.0 Å². The highest BCUT2D eigenvalue weighted by atomic mass is 16.6. The number of hydrogen-bond donors (Lipinski definition) is 3. The molecular formula is C33H34N4O8. The lowest BCUT2D eigenvalue weighted by atomic mass is 10.1. The minimum atomic E-state index is -0.622. The van der Waals surface area contributed by atoms with Crippen LogP contribution in [0, 0.1) is 10.1 Å². The number of methoxy groups -OCH3 is 3. The first-order valence-electron chi connectivity index (χ1n) is 14.0. The molecule has 0 aliphatic heterocycles. The number of carbonyl (C=O) groups is 2. The molecule has 4 rings (SSSR count). The Hall–Kier alpha value is -5.62. The van der Waals surface area contributed by atoms with Gasteiger partial charge in [-0.15, -0.1) is 0 Å². The summed E-state index contributed by atoms with van der Waals surface area (Å²) in [5, 5.41) is 20.2. The summed E-state index contributed by atoms with van der Waals surface area (Å²) in [5.41, 5.74) is 1.42. The normalized spacial score (nSPS) is 10.5. The molecule has 0 saturated heterocycles. The van der Waals surface area contributed by atoms with Crippen molar-refractivity contribution in [2.75, 3.05) is 45.1 Å². The zero-order valence-electron chi connectivity index (χ0n) is 25.1. The number of carbonyl (C=O) groups excluding carboxylic acids is 2. The van der Waals surface area contributed by atoms with Gasteiger partial charge in [-0.25, -0.2) is 0 Å². The van der Waals surface area contributed by atoms with E-state index in [1.54, 1.807) is 43.5 Å². The average molecular weight is 615 g/mol. The van der Waals surface area contributed by atoms with Gasteiger partial charge in [-0.05, 0) is 73.1 Å². The molecule has 12 nitrogen and oxygen atoms in total. The van der Waals surface area contributed by atoms with Gasteiger partial charge in [-0.2, -0.15) is 0 Å². The Morgan fingerprint density at radius 3 is 2.13 bits per heavy atom. The first-order valence-corrected chi connectivity index (χ1v) is 14.0. The van der Waals surface area contributed by atoms with Gasteiger partial charge in [0.25, 0.3) is 17.5 Å². The van der Waals surface area contributed by atoms with Crippen molar-refractivity contribution in [3.63, 3.8) is 0 Å². The van der Waals surface area contributed by atoms with Crippen LogP contribution in [0.3, 0.4) is 0 Å². The molecule has 0 atom stereocenters. The number of ether oxygens (including phenoxy) is 4. The van der Waals surface area contributed by atoms with E-state index in [0.717, 1.165) is 17.4 Å². The maximum absolute atomic E-state index is 13.5. The summed E-state index contributed by atoms with van der Waals surface area (Å²) in [7, 11) is 4.65. The van der Waals surface area contributed by atoms with Gasteiger partial charge in [0.2, 0.25) is 0 Å². The zero-order valence-corrected chi connectivity index (χ0v) is 25.1. The van der Waals surface area contributed by atoms with E-state index < -0.39 is 16.7 Å². The lowest BCUT2D eigenvalue weighted by Gasteiger charge is -2.15. The Bertz CT molecular complexity index is 1640. The molecule has 2 amide bonds. The van der Waals surface area contributed by atoms with Crippen molar-refractivity contribution in [1.82, 2.24) is 5.32 Å². The van der Waals surface area contributed by atoms with Gasteiger partial charge in [-0.3, -0.25) is 19.7 Å². The number of benzene rings is 4. The average Bonchev–Trinajstić information content (AvgIpc) is 3.06. The van der Waals surface area contributed by atoms with Gasteiger partial charge in [0.1, 0.15) is 23.0 Å². The molecule has 12 heteroatoms. The number of amides is 2. The van der Waals surface area contributed by atoms with E-state index in [1.165, 1.54) is 32.4 Å². The molecule has 0 aliphatic carbocycles. The van der Waals surface area contributed by atoms with Gasteiger partial charge in [0.05, 0.1) is 49.7 Å². The number of nitrogens with zero attached hydrogens (tertiary/aromatic N) is 1. The minimum Gasteiger partial charge on any atom is -0.497 e. The molecule has 0 heterocycles. The number of anilines is 2. The lowest BCUT2D eigenvalue weighted by molar-refractivity contribution is -0.384. The SMILES string of the molecule is COc1ccc(NC(=O)c2ccc([N+](=O)[O-])cc2NC(=O)c2ccc(OC)cc2OCCCNCc2cccc(OC)c2)cc1. The molecule has 0 spiro atoms. The monoisotopic (exact) mass is 614 g/mol. The largest absolute Gasteiger partial charge is 0.497 e. The summed E-state index contributed by atoms with van der Waals surface area (Å²) in [4.78, 5) is 37.6. The summed E-state index contributed by atoms with van der Waals surface area (Å²) < 4.78 is 21.7. The van der Waals surface area contributed by atoms with Crippen molar-refractivity contribution in [2.24, 2.45) is 0 Å². The van der Waals surface area contributed by atoms with E-state index in [1.807, 2.05) is 24.3 Å². The molecule has 4 aromatic carbocycles. The summed E-state index contributed by atoms with van der Waals surface area (Å²) in [6, 6.07) is 22.8. The van der Waals surface area contributed by atoms with Crippen molar-refractivity contribution in [2.45, 2.75) is 13.0 Å². The summed E-state index contributed by atoms with van der Waals surface area (Å²) in [6.45, 7) is 1.61. The molecule has 0 unspecified atom stereocenters. The second-order valence-electron chi connectivity index (χ2n) is 9.72. The first-order chi connectivity index (χ1) is 21.8. The van der Waals surface area contributed by atoms with Crippen molar-refractivity contribution >= 4 is 28.9 Å². The van der Waals surface area contributed by atoms with Crippen LogP contribution in [0.1, 0.15) is 32.7 Å². The van der Waals surface area contributed by atoms with Crippen LogP contribution in [0.4, 0.5) is 17.1 Å². The van der Waals surface area contributed by atoms with Crippen molar-refractivity contribution < 1.29 is 33.5 Å². The van der Waals surface area contributed by atoms with Crippen LogP contribution in [0.25, 0.3) is 0 Å². The van der Waals surface area contributed by atoms with Crippen LogP contribution in [0.5, 0.6) is 23.0 Å². The molecule has 0 fully saturated rings. The van der Waals surface area contributed by atoms with Crippen LogP contribution in [-0.2, 0) is 6.54 Å². The molecule has 4 aromatic rings. The number of nitrogens with one attached hydrogen (secondary N) is 3. The van der Waals surface area contributed by atoms with E-state index in [9.17, 15) is 19.7 Å². The van der Waals surface area contributed by atoms with Crippen molar-refractivity contribution in [3.05, 3.63) is 112 Å². The highest BCUT2D eigenvalue weighted by Gasteiger charge is 2.21. The van der Waals surface area contributed by atoms with Gasteiger partial charge in [0.15, 0.2) is 0 Å². The summed E-state index contributed by atoms with van der Waals surface area (Å²) in [6.07, 6.45) is 0.642. The molecule has 0 bridgehead atoms. The van der Waals surface area contributed by atoms with Crippen LogP contribution < -0.4 is 34.9 Å². The number of hydrogen-bond acceptors (Lipinski definition) is 9. The third-order valence-electron chi connectivity index (χ3n) is 6.71. The number of nitro benzene ring substituents is 1. The molecule has 0 saturated carbocycles. The number of nitro groups is 1. The molecule has 3 N–H and O–H groups in total. The molecule has 45 heavy (non-hydrogen) atoms. The topological polar surface area (TPSA) is 150 Å². The Morgan fingerprint density at radius 2 is 1.42 bits per heavy atom. The van der Waals surface area contributed by atoms with Crippen molar-refractivity contribution in [3.8, 4) is 23.0 Å². The van der Waals surface area contributed by atoms with Gasteiger partial charge in [-0.1, -0.05) is 12.1 Å². The van der Waals surface area contributed by atoms with E-state index in [4.69, 9.17) is 18.9 Å². The predicted molar refractivity (Wildman–Crippen MR) is 170 cm³/mol. The second-order valence-corrected chi connectivity index (χ2v) is 9.72. The van der Waals surface area contributed by atoms with Gasteiger partial charge < -0.3 is 34.9 Å². The van der Waals surface area contributed by atoms with Gasteiger partial charge >= 0.3 is 0 Å². The fourth-order valence-electron chi connectivity index (χ4n) is 4.34. The molecular weight excluding hydrogens is 580 g/mol. The van der Waals surface area contributed by atoms with Gasteiger partial charge in [0, 0.05) is 30.4 Å². The molecule has 0 radical (unpaired) electrons. The molecule has 0 aromatic heterocycles. The number of rotatable bonds is 15. The smallest absolute Gasteiger partial charge is 0.271 e. The first kappa shape index (κ1) is 32.3. The highest BCUT2D eigenvalue weighted by Crippen LogP contribution is 2.29. The third-order valence-corrected chi connectivity index (χ3v) is 6.71. The van der Waals surface area contributed by atoms with E-state index >= 15 is 0 Å². The Balaban J connectivity index is 1.45. The highest BCUT2D eigenvalue weighted by molar-refractivity contribution is 6.13. The quantitative estimate of drug-likeness (QED) is 0.0872. The van der Waals surface area contributed by atoms with Crippen molar-refractivity contribution in [1.29, 1.82) is 0 Å². The fraction of sp³-hybridized carbons (Fsp3) is 0.212. The number of non-ortho nitro benzene ring substituents is 1. The van der Waals surface area contributed by atoms with Crippen LogP contribution >= 0.6 is 0 Å². The Kier molecular flexibility index (Phi) is 11.3. The van der Waals surface area contributed by atoms with E-state index in [-0.39, 0.29) is 28.3 Å².